The molecule has 2 atom stereocenters. The number of nitrogens with two attached hydrogens (primary N) is 1. The molecule has 3 fully saturated rings. The molecule has 3 saturated heterocycles. The molecule has 0 bridgehead atoms. The Labute approximate surface area is 117 Å². The van der Waals surface area contributed by atoms with Gasteiger partial charge >= 0.3 is 0 Å². The standard InChI is InChI=1S/C15H30N4/c1-14(2)12-19(10-9-17(14)3)15(11-16)6-8-18-7-4-5-13(15)18/h13H,4-12,16H2,1-3H3. The molecular weight excluding hydrogens is 236 g/mol. The fourth-order valence-electron chi connectivity index (χ4n) is 4.56. The zero-order valence-electron chi connectivity index (χ0n) is 12.9. The summed E-state index contributed by atoms with van der Waals surface area (Å²) >= 11 is 0. The molecule has 0 aliphatic carbocycles. The second kappa shape index (κ2) is 4.69. The van der Waals surface area contributed by atoms with Crippen molar-refractivity contribution in [2.24, 2.45) is 5.73 Å². The second-order valence-electron chi connectivity index (χ2n) is 7.41. The number of fused-ring (bicyclic) bond motifs is 1. The van der Waals surface area contributed by atoms with Gasteiger partial charge in [-0.15, -0.1) is 0 Å². The van der Waals surface area contributed by atoms with Crippen LogP contribution in [0, 0.1) is 0 Å². The van der Waals surface area contributed by atoms with Crippen molar-refractivity contribution in [3.63, 3.8) is 0 Å². The minimum atomic E-state index is 0.259. The first-order valence-electron chi connectivity index (χ1n) is 7.90. The summed E-state index contributed by atoms with van der Waals surface area (Å²) in [4.78, 5) is 7.93. The molecule has 0 saturated carbocycles. The molecule has 0 radical (unpaired) electrons. The lowest BCUT2D eigenvalue weighted by atomic mass is 9.84. The van der Waals surface area contributed by atoms with E-state index in [9.17, 15) is 0 Å². The van der Waals surface area contributed by atoms with E-state index in [1.807, 2.05) is 0 Å². The SMILES string of the molecule is CN1CCN(C2(CN)CCN3CCCC32)CC1(C)C. The number of piperazine rings is 1. The molecule has 4 heteroatoms. The van der Waals surface area contributed by atoms with E-state index in [-0.39, 0.29) is 11.1 Å². The molecule has 0 amide bonds. The van der Waals surface area contributed by atoms with Gasteiger partial charge in [-0.05, 0) is 46.7 Å². The van der Waals surface area contributed by atoms with Crippen LogP contribution in [0.15, 0.2) is 0 Å². The predicted molar refractivity (Wildman–Crippen MR) is 79.3 cm³/mol. The van der Waals surface area contributed by atoms with Crippen LogP contribution in [0.2, 0.25) is 0 Å². The first kappa shape index (κ1) is 13.8. The molecule has 3 aliphatic heterocycles. The topological polar surface area (TPSA) is 35.7 Å². The number of rotatable bonds is 2. The largest absolute Gasteiger partial charge is 0.329 e. The lowest BCUT2D eigenvalue weighted by molar-refractivity contribution is -0.0318. The van der Waals surface area contributed by atoms with E-state index in [2.05, 4.69) is 35.6 Å². The van der Waals surface area contributed by atoms with E-state index < -0.39 is 0 Å². The zero-order valence-corrected chi connectivity index (χ0v) is 12.9. The van der Waals surface area contributed by atoms with Gasteiger partial charge in [0.2, 0.25) is 0 Å². The average molecular weight is 266 g/mol. The number of hydrogen-bond acceptors (Lipinski definition) is 4. The zero-order chi connectivity index (χ0) is 13.7. The third-order valence-electron chi connectivity index (χ3n) is 6.12. The van der Waals surface area contributed by atoms with Gasteiger partial charge in [-0.25, -0.2) is 0 Å². The minimum Gasteiger partial charge on any atom is -0.329 e. The minimum absolute atomic E-state index is 0.259. The number of likely N-dealkylation sites (N-methyl/N-ethyl adjacent to an activating group) is 1. The normalized spacial score (nSPS) is 40.7. The van der Waals surface area contributed by atoms with Gasteiger partial charge in [0.25, 0.3) is 0 Å². The Morgan fingerprint density at radius 1 is 1.16 bits per heavy atom. The van der Waals surface area contributed by atoms with Crippen molar-refractivity contribution in [2.75, 3.05) is 46.3 Å². The van der Waals surface area contributed by atoms with Crippen molar-refractivity contribution in [3.05, 3.63) is 0 Å². The third kappa shape index (κ3) is 2.04. The summed E-state index contributed by atoms with van der Waals surface area (Å²) in [5, 5.41) is 0. The molecule has 4 nitrogen and oxygen atoms in total. The van der Waals surface area contributed by atoms with E-state index in [4.69, 9.17) is 5.73 Å². The lowest BCUT2D eigenvalue weighted by Crippen LogP contribution is -2.68. The van der Waals surface area contributed by atoms with Crippen molar-refractivity contribution in [1.82, 2.24) is 14.7 Å². The quantitative estimate of drug-likeness (QED) is 0.793. The van der Waals surface area contributed by atoms with E-state index in [1.54, 1.807) is 0 Å². The highest BCUT2D eigenvalue weighted by atomic mass is 15.4. The molecule has 3 rings (SSSR count). The van der Waals surface area contributed by atoms with Gasteiger partial charge < -0.3 is 5.73 Å². The average Bonchev–Trinajstić information content (AvgIpc) is 2.94. The highest BCUT2D eigenvalue weighted by Crippen LogP contribution is 2.41. The molecule has 0 aromatic carbocycles. The Morgan fingerprint density at radius 2 is 1.95 bits per heavy atom. The van der Waals surface area contributed by atoms with E-state index in [1.165, 1.54) is 45.4 Å². The molecule has 2 unspecified atom stereocenters. The summed E-state index contributed by atoms with van der Waals surface area (Å²) in [7, 11) is 2.25. The fraction of sp³-hybridized carbons (Fsp3) is 1.00. The maximum Gasteiger partial charge on any atom is 0.0500 e. The Bertz CT molecular complexity index is 343. The maximum atomic E-state index is 6.30. The van der Waals surface area contributed by atoms with Gasteiger partial charge in [0.1, 0.15) is 0 Å². The van der Waals surface area contributed by atoms with Crippen molar-refractivity contribution in [3.8, 4) is 0 Å². The second-order valence-corrected chi connectivity index (χ2v) is 7.41. The van der Waals surface area contributed by atoms with Gasteiger partial charge in [0.05, 0.1) is 0 Å². The number of hydrogen-bond donors (Lipinski definition) is 1. The van der Waals surface area contributed by atoms with Gasteiger partial charge in [0.15, 0.2) is 0 Å². The third-order valence-corrected chi connectivity index (χ3v) is 6.12. The Balaban J connectivity index is 1.83. The van der Waals surface area contributed by atoms with Crippen LogP contribution in [0.5, 0.6) is 0 Å². The van der Waals surface area contributed by atoms with E-state index in [0.717, 1.165) is 19.1 Å². The smallest absolute Gasteiger partial charge is 0.0500 e. The predicted octanol–water partition coefficient (Wildman–Crippen LogP) is 0.578. The first-order valence-corrected chi connectivity index (χ1v) is 7.90. The molecule has 19 heavy (non-hydrogen) atoms. The maximum absolute atomic E-state index is 6.30. The highest BCUT2D eigenvalue weighted by Gasteiger charge is 2.53. The summed E-state index contributed by atoms with van der Waals surface area (Å²) < 4.78 is 0. The molecule has 0 aromatic heterocycles. The monoisotopic (exact) mass is 266 g/mol. The summed E-state index contributed by atoms with van der Waals surface area (Å²) in [6, 6.07) is 0.719. The van der Waals surface area contributed by atoms with Crippen LogP contribution in [0.25, 0.3) is 0 Å². The molecule has 3 heterocycles. The Hall–Kier alpha value is -0.160. The fourth-order valence-corrected chi connectivity index (χ4v) is 4.56. The van der Waals surface area contributed by atoms with Gasteiger partial charge in [-0.2, -0.15) is 0 Å². The molecule has 0 aromatic rings. The lowest BCUT2D eigenvalue weighted by Gasteiger charge is -2.53. The van der Waals surface area contributed by atoms with Crippen LogP contribution in [0.4, 0.5) is 0 Å². The summed E-state index contributed by atoms with van der Waals surface area (Å²) in [5.41, 5.74) is 6.83. The van der Waals surface area contributed by atoms with Crippen molar-refractivity contribution >= 4 is 0 Å². The van der Waals surface area contributed by atoms with Crippen LogP contribution >= 0.6 is 0 Å². The van der Waals surface area contributed by atoms with Crippen molar-refractivity contribution < 1.29 is 0 Å². The highest BCUT2D eigenvalue weighted by molar-refractivity contribution is 5.11. The van der Waals surface area contributed by atoms with Crippen LogP contribution in [0.1, 0.15) is 33.1 Å². The van der Waals surface area contributed by atoms with Crippen LogP contribution in [-0.2, 0) is 0 Å². The molecule has 0 spiro atoms. The summed E-state index contributed by atoms with van der Waals surface area (Å²) in [6.45, 7) is 11.6. The summed E-state index contributed by atoms with van der Waals surface area (Å²) in [6.07, 6.45) is 3.99. The van der Waals surface area contributed by atoms with Gasteiger partial charge in [-0.3, -0.25) is 14.7 Å². The van der Waals surface area contributed by atoms with Crippen molar-refractivity contribution in [1.29, 1.82) is 0 Å². The van der Waals surface area contributed by atoms with Gasteiger partial charge in [0, 0.05) is 49.8 Å². The first-order chi connectivity index (χ1) is 8.99. The van der Waals surface area contributed by atoms with Crippen LogP contribution in [-0.4, -0.2) is 78.1 Å². The summed E-state index contributed by atoms with van der Waals surface area (Å²) in [5.74, 6) is 0. The molecule has 3 aliphatic rings. The Morgan fingerprint density at radius 3 is 2.63 bits per heavy atom. The van der Waals surface area contributed by atoms with Crippen LogP contribution in [0.3, 0.4) is 0 Å². The van der Waals surface area contributed by atoms with Crippen molar-refractivity contribution in [2.45, 2.75) is 50.2 Å². The molecular formula is C15H30N4. The van der Waals surface area contributed by atoms with Crippen LogP contribution < -0.4 is 5.73 Å². The molecule has 110 valence electrons. The van der Waals surface area contributed by atoms with E-state index >= 15 is 0 Å². The van der Waals surface area contributed by atoms with Gasteiger partial charge in [-0.1, -0.05) is 0 Å². The number of nitrogens with zero attached hydrogens (tertiary/aromatic N) is 3. The molecule has 2 N–H and O–H groups in total. The van der Waals surface area contributed by atoms with E-state index in [0.29, 0.717) is 0 Å². The Kier molecular flexibility index (Phi) is 3.41.